The van der Waals surface area contributed by atoms with Crippen LogP contribution in [0.4, 0.5) is 4.39 Å². The number of hydrogen-bond donors (Lipinski definition) is 0. The van der Waals surface area contributed by atoms with Crippen LogP contribution >= 0.6 is 0 Å². The van der Waals surface area contributed by atoms with Crippen molar-refractivity contribution in [3.05, 3.63) is 47.4 Å². The van der Waals surface area contributed by atoms with Gasteiger partial charge < -0.3 is 9.42 Å². The van der Waals surface area contributed by atoms with Crippen molar-refractivity contribution in [3.63, 3.8) is 0 Å². The number of amides is 1. The molecule has 2 aromatic heterocycles. The van der Waals surface area contributed by atoms with Gasteiger partial charge in [-0.15, -0.1) is 0 Å². The molecule has 0 saturated heterocycles. The molecule has 0 bridgehead atoms. The number of hydrogen-bond acceptors (Lipinski definition) is 4. The minimum absolute atomic E-state index is 0.0953. The quantitative estimate of drug-likeness (QED) is 0.731. The molecule has 0 N–H and O–H groups in total. The van der Waals surface area contributed by atoms with Crippen LogP contribution in [0.5, 0.6) is 0 Å². The molecule has 5 nitrogen and oxygen atoms in total. The number of rotatable bonds is 4. The van der Waals surface area contributed by atoms with Gasteiger partial charge in [-0.05, 0) is 51.1 Å². The van der Waals surface area contributed by atoms with E-state index < -0.39 is 0 Å². The molecule has 6 heteroatoms. The number of benzene rings is 1. The Morgan fingerprint density at radius 3 is 2.50 bits per heavy atom. The van der Waals surface area contributed by atoms with Crippen LogP contribution in [0.2, 0.25) is 0 Å². The van der Waals surface area contributed by atoms with Gasteiger partial charge in [0.2, 0.25) is 0 Å². The summed E-state index contributed by atoms with van der Waals surface area (Å²) in [6.45, 7) is 6.86. The third-order valence-corrected chi connectivity index (χ3v) is 4.04. The molecule has 0 spiro atoms. The molecular formula is C18H18FN3O2. The van der Waals surface area contributed by atoms with Crippen LogP contribution in [-0.2, 0) is 0 Å². The van der Waals surface area contributed by atoms with E-state index in [-0.39, 0.29) is 11.7 Å². The zero-order chi connectivity index (χ0) is 17.3. The van der Waals surface area contributed by atoms with Crippen LogP contribution < -0.4 is 0 Å². The summed E-state index contributed by atoms with van der Waals surface area (Å²) in [5.74, 6) is -0.420. The van der Waals surface area contributed by atoms with Gasteiger partial charge in [0.25, 0.3) is 11.6 Å². The van der Waals surface area contributed by atoms with Crippen LogP contribution in [0.25, 0.3) is 22.4 Å². The van der Waals surface area contributed by atoms with Gasteiger partial charge in [-0.1, -0.05) is 5.16 Å². The minimum atomic E-state index is -0.324. The van der Waals surface area contributed by atoms with Crippen molar-refractivity contribution in [3.8, 4) is 11.3 Å². The molecule has 1 amide bonds. The second-order valence-corrected chi connectivity index (χ2v) is 5.49. The van der Waals surface area contributed by atoms with Crippen LogP contribution in [0.1, 0.15) is 29.9 Å². The first-order valence-electron chi connectivity index (χ1n) is 7.87. The van der Waals surface area contributed by atoms with Gasteiger partial charge in [0, 0.05) is 18.7 Å². The van der Waals surface area contributed by atoms with Crippen molar-refractivity contribution in [1.29, 1.82) is 0 Å². The predicted octanol–water partition coefficient (Wildman–Crippen LogP) is 3.82. The number of halogens is 1. The number of nitrogens with zero attached hydrogens (tertiary/aromatic N) is 3. The summed E-state index contributed by atoms with van der Waals surface area (Å²) in [5, 5.41) is 4.55. The Bertz CT molecular complexity index is 883. The number of carbonyl (C=O) groups excluding carboxylic acids is 1. The minimum Gasteiger partial charge on any atom is -0.339 e. The lowest BCUT2D eigenvalue weighted by molar-refractivity contribution is 0.0775. The molecule has 2 heterocycles. The standard InChI is InChI=1S/C18H18FN3O2/c1-4-22(5-2)18(23)14-10-15(12-6-8-13(19)9-7-12)20-17-16(14)11(3)21-24-17/h6-10H,4-5H2,1-3H3. The summed E-state index contributed by atoms with van der Waals surface area (Å²) in [6, 6.07) is 7.69. The summed E-state index contributed by atoms with van der Waals surface area (Å²) in [4.78, 5) is 19.0. The molecule has 1 aromatic carbocycles. The summed E-state index contributed by atoms with van der Waals surface area (Å²) in [5.41, 5.74) is 2.69. The molecule has 0 atom stereocenters. The monoisotopic (exact) mass is 327 g/mol. The average Bonchev–Trinajstić information content (AvgIpc) is 2.97. The lowest BCUT2D eigenvalue weighted by Crippen LogP contribution is -2.30. The topological polar surface area (TPSA) is 59.2 Å². The second kappa shape index (κ2) is 6.39. The summed E-state index contributed by atoms with van der Waals surface area (Å²) < 4.78 is 18.4. The number of carbonyl (C=O) groups is 1. The van der Waals surface area contributed by atoms with E-state index in [2.05, 4.69) is 10.1 Å². The Morgan fingerprint density at radius 1 is 1.21 bits per heavy atom. The number of fused-ring (bicyclic) bond motifs is 1. The van der Waals surface area contributed by atoms with Gasteiger partial charge in [-0.25, -0.2) is 9.37 Å². The first kappa shape index (κ1) is 16.1. The Balaban J connectivity index is 2.20. The Labute approximate surface area is 139 Å². The Kier molecular flexibility index (Phi) is 4.29. The lowest BCUT2D eigenvalue weighted by Gasteiger charge is -2.19. The zero-order valence-electron chi connectivity index (χ0n) is 13.8. The third-order valence-electron chi connectivity index (χ3n) is 4.04. The van der Waals surface area contributed by atoms with Crippen molar-refractivity contribution in [1.82, 2.24) is 15.0 Å². The van der Waals surface area contributed by atoms with E-state index in [1.54, 1.807) is 30.0 Å². The van der Waals surface area contributed by atoms with Gasteiger partial charge in [0.05, 0.1) is 22.3 Å². The SMILES string of the molecule is CCN(CC)C(=O)c1cc(-c2ccc(F)cc2)nc2onc(C)c12. The van der Waals surface area contributed by atoms with Crippen molar-refractivity contribution >= 4 is 17.0 Å². The van der Waals surface area contributed by atoms with Gasteiger partial charge in [-0.3, -0.25) is 4.79 Å². The maximum atomic E-state index is 13.2. The van der Waals surface area contributed by atoms with Crippen LogP contribution in [0, 0.1) is 12.7 Å². The van der Waals surface area contributed by atoms with E-state index in [1.807, 2.05) is 13.8 Å². The maximum Gasteiger partial charge on any atom is 0.259 e. The normalized spacial score (nSPS) is 11.0. The number of pyridine rings is 1. The largest absolute Gasteiger partial charge is 0.339 e. The molecule has 3 rings (SSSR count). The molecular weight excluding hydrogens is 309 g/mol. The molecule has 3 aromatic rings. The van der Waals surface area contributed by atoms with E-state index in [0.29, 0.717) is 46.7 Å². The molecule has 24 heavy (non-hydrogen) atoms. The maximum absolute atomic E-state index is 13.2. The van der Waals surface area contributed by atoms with Crippen molar-refractivity contribution in [2.45, 2.75) is 20.8 Å². The van der Waals surface area contributed by atoms with Crippen LogP contribution in [0.15, 0.2) is 34.9 Å². The highest BCUT2D eigenvalue weighted by molar-refractivity contribution is 6.07. The summed E-state index contributed by atoms with van der Waals surface area (Å²) in [6.07, 6.45) is 0. The zero-order valence-corrected chi connectivity index (χ0v) is 13.8. The fourth-order valence-corrected chi connectivity index (χ4v) is 2.71. The van der Waals surface area contributed by atoms with Crippen molar-refractivity contribution in [2.75, 3.05) is 13.1 Å². The Hall–Kier alpha value is -2.76. The highest BCUT2D eigenvalue weighted by Crippen LogP contribution is 2.28. The van der Waals surface area contributed by atoms with Gasteiger partial charge in [0.15, 0.2) is 0 Å². The van der Waals surface area contributed by atoms with Crippen molar-refractivity contribution < 1.29 is 13.7 Å². The molecule has 0 saturated carbocycles. The van der Waals surface area contributed by atoms with E-state index in [0.717, 1.165) is 0 Å². The van der Waals surface area contributed by atoms with E-state index in [1.165, 1.54) is 12.1 Å². The first-order chi connectivity index (χ1) is 11.5. The van der Waals surface area contributed by atoms with E-state index in [9.17, 15) is 9.18 Å². The highest BCUT2D eigenvalue weighted by atomic mass is 19.1. The number of aromatic nitrogens is 2. The second-order valence-electron chi connectivity index (χ2n) is 5.49. The average molecular weight is 327 g/mol. The Morgan fingerprint density at radius 2 is 1.88 bits per heavy atom. The van der Waals surface area contributed by atoms with E-state index >= 15 is 0 Å². The van der Waals surface area contributed by atoms with Crippen LogP contribution in [-0.4, -0.2) is 34.0 Å². The molecule has 0 aliphatic rings. The lowest BCUT2D eigenvalue weighted by atomic mass is 10.0. The summed E-state index contributed by atoms with van der Waals surface area (Å²) >= 11 is 0. The fraction of sp³-hybridized carbons (Fsp3) is 0.278. The van der Waals surface area contributed by atoms with Gasteiger partial charge in [0.1, 0.15) is 5.82 Å². The third kappa shape index (κ3) is 2.75. The van der Waals surface area contributed by atoms with Crippen LogP contribution in [0.3, 0.4) is 0 Å². The molecule has 0 aliphatic heterocycles. The fourth-order valence-electron chi connectivity index (χ4n) is 2.71. The smallest absolute Gasteiger partial charge is 0.259 e. The van der Waals surface area contributed by atoms with Crippen molar-refractivity contribution in [2.24, 2.45) is 0 Å². The van der Waals surface area contributed by atoms with Gasteiger partial charge in [-0.2, -0.15) is 0 Å². The van der Waals surface area contributed by atoms with Gasteiger partial charge >= 0.3 is 0 Å². The molecule has 0 radical (unpaired) electrons. The highest BCUT2D eigenvalue weighted by Gasteiger charge is 2.22. The number of aryl methyl sites for hydroxylation is 1. The molecule has 0 unspecified atom stereocenters. The molecule has 0 aliphatic carbocycles. The molecule has 124 valence electrons. The molecule has 0 fully saturated rings. The predicted molar refractivity (Wildman–Crippen MR) is 89.2 cm³/mol. The summed E-state index contributed by atoms with van der Waals surface area (Å²) in [7, 11) is 0. The first-order valence-corrected chi connectivity index (χ1v) is 7.87. The van der Waals surface area contributed by atoms with E-state index in [4.69, 9.17) is 4.52 Å².